The minimum absolute atomic E-state index is 0.0237. The van der Waals surface area contributed by atoms with Crippen LogP contribution in [0.25, 0.3) is 5.78 Å². The highest BCUT2D eigenvalue weighted by atomic mass is 32.2. The predicted molar refractivity (Wildman–Crippen MR) is 109 cm³/mol. The fourth-order valence-electron chi connectivity index (χ4n) is 3.05. The zero-order valence-electron chi connectivity index (χ0n) is 15.8. The summed E-state index contributed by atoms with van der Waals surface area (Å²) in [5, 5.41) is 0. The van der Waals surface area contributed by atoms with Crippen molar-refractivity contribution in [1.82, 2.24) is 14.4 Å². The van der Waals surface area contributed by atoms with Crippen LogP contribution in [0.3, 0.4) is 0 Å². The molecule has 0 aliphatic heterocycles. The Morgan fingerprint density at radius 2 is 1.62 bits per heavy atom. The van der Waals surface area contributed by atoms with Crippen LogP contribution in [0.15, 0.2) is 83.1 Å². The summed E-state index contributed by atoms with van der Waals surface area (Å²) in [5.74, 6) is 0.524. The van der Waals surface area contributed by atoms with E-state index >= 15 is 0 Å². The van der Waals surface area contributed by atoms with E-state index < -0.39 is 9.84 Å². The number of aryl methyl sites for hydroxylation is 2. The number of sulfone groups is 1. The highest BCUT2D eigenvalue weighted by Crippen LogP contribution is 2.22. The highest BCUT2D eigenvalue weighted by molar-refractivity contribution is 7.91. The Bertz CT molecular complexity index is 1280. The van der Waals surface area contributed by atoms with E-state index in [0.717, 1.165) is 11.1 Å². The van der Waals surface area contributed by atoms with Gasteiger partial charge in [0.15, 0.2) is 5.78 Å². The van der Waals surface area contributed by atoms with Gasteiger partial charge in [-0.25, -0.2) is 18.4 Å². The van der Waals surface area contributed by atoms with Gasteiger partial charge in [0, 0.05) is 31.2 Å². The summed E-state index contributed by atoms with van der Waals surface area (Å²) in [6.07, 6.45) is 7.45. The van der Waals surface area contributed by atoms with E-state index in [0.29, 0.717) is 24.2 Å². The number of Topliss-reactive ketones (excluding diaryl/α,β-unsaturated/α-hetero) is 1. The minimum atomic E-state index is -3.55. The van der Waals surface area contributed by atoms with Crippen molar-refractivity contribution in [3.63, 3.8) is 0 Å². The van der Waals surface area contributed by atoms with Crippen molar-refractivity contribution >= 4 is 21.4 Å². The van der Waals surface area contributed by atoms with Crippen molar-refractivity contribution in [3.05, 3.63) is 90.0 Å². The molecule has 0 fully saturated rings. The molecule has 29 heavy (non-hydrogen) atoms. The first kappa shape index (κ1) is 19.0. The zero-order chi connectivity index (χ0) is 20.4. The Hall–Kier alpha value is -3.32. The second-order valence-corrected chi connectivity index (χ2v) is 8.81. The molecule has 4 aromatic rings. The summed E-state index contributed by atoms with van der Waals surface area (Å²) < 4.78 is 27.2. The molecule has 0 spiro atoms. The van der Waals surface area contributed by atoms with Crippen molar-refractivity contribution in [2.75, 3.05) is 0 Å². The molecule has 146 valence electrons. The maximum atomic E-state index is 12.7. The van der Waals surface area contributed by atoms with E-state index in [4.69, 9.17) is 0 Å². The fraction of sp³-hybridized carbons (Fsp3) is 0.136. The lowest BCUT2D eigenvalue weighted by Gasteiger charge is -2.07. The van der Waals surface area contributed by atoms with Crippen LogP contribution in [0, 0.1) is 6.92 Å². The van der Waals surface area contributed by atoms with E-state index in [1.807, 2.05) is 6.92 Å². The molecule has 6 nitrogen and oxygen atoms in total. The molecule has 0 radical (unpaired) electrons. The van der Waals surface area contributed by atoms with Gasteiger partial charge in [0.25, 0.3) is 0 Å². The van der Waals surface area contributed by atoms with Gasteiger partial charge in [-0.15, -0.1) is 0 Å². The predicted octanol–water partition coefficient (Wildman–Crippen LogP) is 3.69. The van der Waals surface area contributed by atoms with Crippen LogP contribution < -0.4 is 0 Å². The monoisotopic (exact) mass is 405 g/mol. The average molecular weight is 405 g/mol. The summed E-state index contributed by atoms with van der Waals surface area (Å²) in [6.45, 7) is 1.91. The Morgan fingerprint density at radius 3 is 2.31 bits per heavy atom. The molecule has 0 amide bonds. The number of fused-ring (bicyclic) bond motifs is 1. The van der Waals surface area contributed by atoms with Gasteiger partial charge in [-0.1, -0.05) is 29.8 Å². The molecule has 0 aliphatic carbocycles. The summed E-state index contributed by atoms with van der Waals surface area (Å²) in [5.41, 5.74) is 2.43. The van der Waals surface area contributed by atoms with Gasteiger partial charge in [0.2, 0.25) is 15.6 Å². The molecular formula is C22H19N3O3S. The van der Waals surface area contributed by atoms with Gasteiger partial charge in [-0.3, -0.25) is 9.20 Å². The molecule has 0 aliphatic rings. The molecule has 0 saturated carbocycles. The molecule has 7 heteroatoms. The number of ketones is 1. The number of rotatable bonds is 6. The maximum Gasteiger partial charge on any atom is 0.233 e. The summed E-state index contributed by atoms with van der Waals surface area (Å²) in [6, 6.07) is 13.5. The maximum absolute atomic E-state index is 12.7. The quantitative estimate of drug-likeness (QED) is 0.457. The zero-order valence-corrected chi connectivity index (χ0v) is 16.6. The first-order valence-corrected chi connectivity index (χ1v) is 10.6. The summed E-state index contributed by atoms with van der Waals surface area (Å²) >= 11 is 0. The van der Waals surface area contributed by atoms with Crippen molar-refractivity contribution in [1.29, 1.82) is 0 Å². The Labute approximate surface area is 168 Å². The Morgan fingerprint density at radius 1 is 0.966 bits per heavy atom. The molecule has 2 heterocycles. The number of carbonyl (C=O) groups excluding carboxylic acids is 1. The smallest absolute Gasteiger partial charge is 0.233 e. The van der Waals surface area contributed by atoms with Crippen LogP contribution in [0.1, 0.15) is 27.9 Å². The molecule has 2 aromatic carbocycles. The second-order valence-electron chi connectivity index (χ2n) is 6.86. The normalized spacial score (nSPS) is 11.6. The molecular weight excluding hydrogens is 386 g/mol. The third-order valence-corrected chi connectivity index (χ3v) is 6.56. The van der Waals surface area contributed by atoms with Gasteiger partial charge in [-0.2, -0.15) is 0 Å². The van der Waals surface area contributed by atoms with E-state index in [-0.39, 0.29) is 15.6 Å². The molecule has 0 bridgehead atoms. The van der Waals surface area contributed by atoms with Crippen LogP contribution in [-0.2, 0) is 16.3 Å². The third kappa shape index (κ3) is 3.95. The Kier molecular flexibility index (Phi) is 4.98. The van der Waals surface area contributed by atoms with Crippen molar-refractivity contribution in [2.24, 2.45) is 0 Å². The summed E-state index contributed by atoms with van der Waals surface area (Å²) in [4.78, 5) is 21.2. The van der Waals surface area contributed by atoms with Gasteiger partial charge >= 0.3 is 0 Å². The van der Waals surface area contributed by atoms with E-state index in [9.17, 15) is 13.2 Å². The number of imidazole rings is 1. The molecule has 4 rings (SSSR count). The lowest BCUT2D eigenvalue weighted by Crippen LogP contribution is -2.05. The molecule has 0 unspecified atom stereocenters. The minimum Gasteiger partial charge on any atom is -0.294 e. The number of hydrogen-bond acceptors (Lipinski definition) is 5. The topological polar surface area (TPSA) is 81.4 Å². The number of carbonyl (C=O) groups is 1. The largest absolute Gasteiger partial charge is 0.294 e. The molecule has 0 atom stereocenters. The average Bonchev–Trinajstić information content (AvgIpc) is 3.20. The third-order valence-electron chi connectivity index (χ3n) is 4.77. The van der Waals surface area contributed by atoms with Crippen LogP contribution in [0.5, 0.6) is 0 Å². The number of benzene rings is 2. The molecule has 0 saturated heterocycles. The SMILES string of the molecule is Cc1ccc(S(=O)(=O)c2ccc(CCC(=O)c3cnc4nccn4c3)cc2)cc1. The lowest BCUT2D eigenvalue weighted by atomic mass is 10.0. The van der Waals surface area contributed by atoms with E-state index in [2.05, 4.69) is 9.97 Å². The number of nitrogens with zero attached hydrogens (tertiary/aromatic N) is 3. The van der Waals surface area contributed by atoms with Crippen LogP contribution in [-0.4, -0.2) is 28.6 Å². The first-order chi connectivity index (χ1) is 13.9. The fourth-order valence-corrected chi connectivity index (χ4v) is 4.31. The van der Waals surface area contributed by atoms with Crippen molar-refractivity contribution < 1.29 is 13.2 Å². The number of hydrogen-bond donors (Lipinski definition) is 0. The van der Waals surface area contributed by atoms with Gasteiger partial charge in [0.1, 0.15) is 0 Å². The van der Waals surface area contributed by atoms with Gasteiger partial charge < -0.3 is 0 Å². The van der Waals surface area contributed by atoms with Gasteiger partial charge in [-0.05, 0) is 43.2 Å². The molecule has 2 aromatic heterocycles. The Balaban J connectivity index is 1.45. The standard InChI is InChI=1S/C22H19N3O3S/c1-16-2-7-19(8-3-16)29(27,28)20-9-4-17(5-10-20)6-11-21(26)18-14-24-22-23-12-13-25(22)15-18/h2-5,7-10,12-15H,6,11H2,1H3. The lowest BCUT2D eigenvalue weighted by molar-refractivity contribution is 0.0982. The first-order valence-electron chi connectivity index (χ1n) is 9.16. The van der Waals surface area contributed by atoms with Crippen LogP contribution >= 0.6 is 0 Å². The van der Waals surface area contributed by atoms with E-state index in [1.54, 1.807) is 71.5 Å². The van der Waals surface area contributed by atoms with Crippen LogP contribution in [0.2, 0.25) is 0 Å². The number of aromatic nitrogens is 3. The highest BCUT2D eigenvalue weighted by Gasteiger charge is 2.17. The van der Waals surface area contributed by atoms with Crippen molar-refractivity contribution in [2.45, 2.75) is 29.6 Å². The van der Waals surface area contributed by atoms with E-state index in [1.165, 1.54) is 6.20 Å². The molecule has 0 N–H and O–H groups in total. The van der Waals surface area contributed by atoms with Crippen LogP contribution in [0.4, 0.5) is 0 Å². The van der Waals surface area contributed by atoms with Crippen molar-refractivity contribution in [3.8, 4) is 0 Å². The second kappa shape index (κ2) is 7.60. The van der Waals surface area contributed by atoms with Gasteiger partial charge in [0.05, 0.1) is 15.4 Å². The summed E-state index contributed by atoms with van der Waals surface area (Å²) in [7, 11) is -3.55.